The zero-order valence-corrected chi connectivity index (χ0v) is 20.8. The van der Waals surface area contributed by atoms with Crippen LogP contribution >= 0.6 is 0 Å². The maximum Gasteiger partial charge on any atom is 0.244 e. The van der Waals surface area contributed by atoms with Crippen molar-refractivity contribution in [3.8, 4) is 5.75 Å². The largest absolute Gasteiger partial charge is 0.496 e. The number of piperidine rings is 1. The van der Waals surface area contributed by atoms with Gasteiger partial charge in [-0.2, -0.15) is 5.10 Å². The number of aromatic nitrogens is 4. The molecule has 3 heterocycles. The standard InChI is InChI=1S/C28H33N5O2/c1-20-18-21(2)32(30-20)19-28(34)31-16-14-23(15-17-31)33-25-10-6-5-9-24(25)29-27(33)13-12-22-8-4-7-11-26(22)35-3/h4-11,18,23H,12-17,19H2,1-3H3. The lowest BCUT2D eigenvalue weighted by molar-refractivity contribution is -0.133. The van der Waals surface area contributed by atoms with Gasteiger partial charge in [-0.25, -0.2) is 4.98 Å². The molecule has 1 saturated heterocycles. The average molecular weight is 472 g/mol. The Hall–Kier alpha value is -3.61. The summed E-state index contributed by atoms with van der Waals surface area (Å²) in [4.78, 5) is 20.0. The van der Waals surface area contributed by atoms with Gasteiger partial charge in [-0.15, -0.1) is 0 Å². The second-order valence-electron chi connectivity index (χ2n) is 9.40. The van der Waals surface area contributed by atoms with Gasteiger partial charge in [0.15, 0.2) is 0 Å². The maximum atomic E-state index is 13.0. The maximum absolute atomic E-state index is 13.0. The number of fused-ring (bicyclic) bond motifs is 1. The minimum absolute atomic E-state index is 0.140. The Morgan fingerprint density at radius 2 is 1.77 bits per heavy atom. The lowest BCUT2D eigenvalue weighted by Crippen LogP contribution is -2.41. The van der Waals surface area contributed by atoms with Gasteiger partial charge < -0.3 is 14.2 Å². The molecule has 4 aromatic rings. The van der Waals surface area contributed by atoms with E-state index in [-0.39, 0.29) is 5.91 Å². The van der Waals surface area contributed by atoms with Crippen molar-refractivity contribution in [3.63, 3.8) is 0 Å². The highest BCUT2D eigenvalue weighted by Crippen LogP contribution is 2.30. The van der Waals surface area contributed by atoms with Gasteiger partial charge in [-0.3, -0.25) is 9.48 Å². The van der Waals surface area contributed by atoms with Crippen LogP contribution in [0.3, 0.4) is 0 Å². The van der Waals surface area contributed by atoms with Crippen LogP contribution in [0.4, 0.5) is 0 Å². The predicted molar refractivity (Wildman–Crippen MR) is 137 cm³/mol. The van der Waals surface area contributed by atoms with E-state index in [1.807, 2.05) is 47.7 Å². The second kappa shape index (κ2) is 9.94. The minimum Gasteiger partial charge on any atom is -0.496 e. The Balaban J connectivity index is 1.31. The molecule has 1 aliphatic heterocycles. The monoisotopic (exact) mass is 471 g/mol. The quantitative estimate of drug-likeness (QED) is 0.398. The van der Waals surface area contributed by atoms with Gasteiger partial charge in [0.2, 0.25) is 5.91 Å². The Morgan fingerprint density at radius 3 is 2.51 bits per heavy atom. The number of imidazole rings is 1. The number of benzene rings is 2. The fourth-order valence-electron chi connectivity index (χ4n) is 5.27. The topological polar surface area (TPSA) is 65.2 Å². The number of hydrogen-bond acceptors (Lipinski definition) is 4. The number of hydrogen-bond donors (Lipinski definition) is 0. The lowest BCUT2D eigenvalue weighted by Gasteiger charge is -2.33. The van der Waals surface area contributed by atoms with Crippen LogP contribution < -0.4 is 4.74 Å². The first-order chi connectivity index (χ1) is 17.0. The van der Waals surface area contributed by atoms with Crippen LogP contribution in [0.15, 0.2) is 54.6 Å². The van der Waals surface area contributed by atoms with Gasteiger partial charge in [0, 0.05) is 31.2 Å². The summed E-state index contributed by atoms with van der Waals surface area (Å²) >= 11 is 0. The van der Waals surface area contributed by atoms with Gasteiger partial charge in [0.1, 0.15) is 18.1 Å². The van der Waals surface area contributed by atoms with Gasteiger partial charge in [-0.1, -0.05) is 30.3 Å². The second-order valence-corrected chi connectivity index (χ2v) is 9.40. The molecule has 35 heavy (non-hydrogen) atoms. The zero-order chi connectivity index (χ0) is 24.4. The van der Waals surface area contributed by atoms with Crippen LogP contribution in [0, 0.1) is 13.8 Å². The molecule has 7 nitrogen and oxygen atoms in total. The third-order valence-corrected chi connectivity index (χ3v) is 7.05. The predicted octanol–water partition coefficient (Wildman–Crippen LogP) is 4.51. The number of rotatable bonds is 7. The van der Waals surface area contributed by atoms with Crippen molar-refractivity contribution in [1.29, 1.82) is 0 Å². The number of para-hydroxylation sites is 3. The summed E-state index contributed by atoms with van der Waals surface area (Å²) in [7, 11) is 1.72. The molecule has 0 N–H and O–H groups in total. The fraction of sp³-hybridized carbons (Fsp3) is 0.393. The summed E-state index contributed by atoms with van der Waals surface area (Å²) in [6.45, 7) is 5.77. The molecule has 0 unspecified atom stereocenters. The number of carbonyl (C=O) groups is 1. The first kappa shape index (κ1) is 23.1. The van der Waals surface area contributed by atoms with Crippen molar-refractivity contribution in [3.05, 3.63) is 77.4 Å². The molecule has 0 aliphatic carbocycles. The molecule has 0 bridgehead atoms. The minimum atomic E-state index is 0.140. The molecule has 7 heteroatoms. The van der Waals surface area contributed by atoms with E-state index in [1.165, 1.54) is 11.1 Å². The van der Waals surface area contributed by atoms with Crippen LogP contribution in [-0.2, 0) is 24.2 Å². The zero-order valence-electron chi connectivity index (χ0n) is 20.8. The number of nitrogens with zero attached hydrogens (tertiary/aromatic N) is 5. The van der Waals surface area contributed by atoms with E-state index in [4.69, 9.17) is 9.72 Å². The first-order valence-corrected chi connectivity index (χ1v) is 12.4. The molecular formula is C28H33N5O2. The smallest absolute Gasteiger partial charge is 0.244 e. The Kier molecular flexibility index (Phi) is 6.57. The molecular weight excluding hydrogens is 438 g/mol. The number of amides is 1. The summed E-state index contributed by atoms with van der Waals surface area (Å²) in [5.41, 5.74) is 5.37. The lowest BCUT2D eigenvalue weighted by atomic mass is 10.0. The van der Waals surface area contributed by atoms with Crippen molar-refractivity contribution >= 4 is 16.9 Å². The van der Waals surface area contributed by atoms with E-state index in [2.05, 4.69) is 40.0 Å². The van der Waals surface area contributed by atoms with Crippen molar-refractivity contribution in [2.24, 2.45) is 0 Å². The summed E-state index contributed by atoms with van der Waals surface area (Å²) in [5, 5.41) is 4.45. The number of aryl methyl sites for hydroxylation is 4. The molecule has 1 fully saturated rings. The molecule has 0 saturated carbocycles. The molecule has 182 valence electrons. The summed E-state index contributed by atoms with van der Waals surface area (Å²) in [6, 6.07) is 18.9. The fourth-order valence-corrected chi connectivity index (χ4v) is 5.27. The van der Waals surface area contributed by atoms with Crippen LogP contribution in [0.5, 0.6) is 5.75 Å². The van der Waals surface area contributed by atoms with E-state index in [9.17, 15) is 4.79 Å². The Bertz CT molecular complexity index is 1330. The normalized spacial score (nSPS) is 14.5. The van der Waals surface area contributed by atoms with Crippen molar-refractivity contribution in [2.75, 3.05) is 20.2 Å². The summed E-state index contributed by atoms with van der Waals surface area (Å²) in [5.74, 6) is 2.16. The number of ether oxygens (including phenoxy) is 1. The molecule has 1 amide bonds. The average Bonchev–Trinajstić information content (AvgIpc) is 3.41. The summed E-state index contributed by atoms with van der Waals surface area (Å²) in [6.07, 6.45) is 3.55. The van der Waals surface area contributed by atoms with E-state index in [0.29, 0.717) is 12.6 Å². The highest BCUT2D eigenvalue weighted by molar-refractivity contribution is 5.77. The van der Waals surface area contributed by atoms with Crippen LogP contribution in [0.2, 0.25) is 0 Å². The van der Waals surface area contributed by atoms with E-state index in [0.717, 1.165) is 67.3 Å². The summed E-state index contributed by atoms with van der Waals surface area (Å²) < 4.78 is 9.79. The van der Waals surface area contributed by atoms with Gasteiger partial charge >= 0.3 is 0 Å². The van der Waals surface area contributed by atoms with E-state index in [1.54, 1.807) is 7.11 Å². The third kappa shape index (κ3) is 4.81. The van der Waals surface area contributed by atoms with Gasteiger partial charge in [0.05, 0.1) is 23.8 Å². The highest BCUT2D eigenvalue weighted by Gasteiger charge is 2.27. The molecule has 0 atom stereocenters. The first-order valence-electron chi connectivity index (χ1n) is 12.4. The number of likely N-dealkylation sites (tertiary alicyclic amines) is 1. The molecule has 0 spiro atoms. The van der Waals surface area contributed by atoms with Gasteiger partial charge in [0.25, 0.3) is 0 Å². The Morgan fingerprint density at radius 1 is 1.03 bits per heavy atom. The van der Waals surface area contributed by atoms with Crippen molar-refractivity contribution in [1.82, 2.24) is 24.2 Å². The number of carbonyl (C=O) groups excluding carboxylic acids is 1. The molecule has 0 radical (unpaired) electrons. The highest BCUT2D eigenvalue weighted by atomic mass is 16.5. The SMILES string of the molecule is COc1ccccc1CCc1nc2ccccc2n1C1CCN(C(=O)Cn2nc(C)cc2C)CC1. The third-order valence-electron chi connectivity index (χ3n) is 7.05. The van der Waals surface area contributed by atoms with Crippen LogP contribution in [0.25, 0.3) is 11.0 Å². The van der Waals surface area contributed by atoms with Crippen molar-refractivity contribution < 1.29 is 9.53 Å². The van der Waals surface area contributed by atoms with Crippen LogP contribution in [0.1, 0.15) is 41.7 Å². The molecule has 1 aliphatic rings. The van der Waals surface area contributed by atoms with E-state index < -0.39 is 0 Å². The number of methoxy groups -OCH3 is 1. The molecule has 2 aromatic heterocycles. The molecule has 5 rings (SSSR count). The van der Waals surface area contributed by atoms with Gasteiger partial charge in [-0.05, 0) is 62.9 Å². The Labute approximate surface area is 206 Å². The van der Waals surface area contributed by atoms with Crippen LogP contribution in [-0.4, -0.2) is 50.3 Å². The van der Waals surface area contributed by atoms with Crippen molar-refractivity contribution in [2.45, 2.75) is 52.1 Å². The van der Waals surface area contributed by atoms with E-state index >= 15 is 0 Å². The molecule has 2 aromatic carbocycles.